The smallest absolute Gasteiger partial charge is 0.335 e. The van der Waals surface area contributed by atoms with Gasteiger partial charge in [0.1, 0.15) is 12.4 Å². The van der Waals surface area contributed by atoms with Crippen LogP contribution in [0.3, 0.4) is 0 Å². The van der Waals surface area contributed by atoms with Crippen LogP contribution in [0, 0.1) is 0 Å². The highest BCUT2D eigenvalue weighted by Crippen LogP contribution is 2.16. The van der Waals surface area contributed by atoms with Gasteiger partial charge in [-0.05, 0) is 50.6 Å². The van der Waals surface area contributed by atoms with Crippen molar-refractivity contribution in [2.45, 2.75) is 45.9 Å². The van der Waals surface area contributed by atoms with E-state index in [9.17, 15) is 14.4 Å². The first kappa shape index (κ1) is 24.3. The van der Waals surface area contributed by atoms with Crippen molar-refractivity contribution >= 4 is 16.9 Å². The van der Waals surface area contributed by atoms with Crippen molar-refractivity contribution in [2.24, 2.45) is 7.05 Å². The molecule has 0 radical (unpaired) electrons. The summed E-state index contributed by atoms with van der Waals surface area (Å²) in [6.07, 6.45) is -0.388. The molecule has 33 heavy (non-hydrogen) atoms. The van der Waals surface area contributed by atoms with Gasteiger partial charge in [-0.2, -0.15) is 0 Å². The van der Waals surface area contributed by atoms with E-state index >= 15 is 0 Å². The van der Waals surface area contributed by atoms with Crippen LogP contribution >= 0.6 is 0 Å². The van der Waals surface area contributed by atoms with Crippen LogP contribution in [0.1, 0.15) is 26.3 Å². The Morgan fingerprint density at radius 2 is 1.73 bits per heavy atom. The molecule has 3 rings (SSSR count). The number of hydrogen-bond donors (Lipinski definition) is 0. The third kappa shape index (κ3) is 5.90. The summed E-state index contributed by atoms with van der Waals surface area (Å²) >= 11 is 0. The zero-order valence-corrected chi connectivity index (χ0v) is 19.4. The van der Waals surface area contributed by atoms with Crippen molar-refractivity contribution in [1.82, 2.24) is 9.13 Å². The number of nitrogens with zero attached hydrogens (tertiary/aromatic N) is 2. The van der Waals surface area contributed by atoms with Gasteiger partial charge in [-0.3, -0.25) is 13.9 Å². The van der Waals surface area contributed by atoms with Crippen molar-refractivity contribution < 1.29 is 19.0 Å². The molecular formula is C25H30N2O6. The van der Waals surface area contributed by atoms with Gasteiger partial charge in [-0.1, -0.05) is 24.3 Å². The molecule has 0 saturated heterocycles. The number of rotatable bonds is 10. The summed E-state index contributed by atoms with van der Waals surface area (Å²) in [5.41, 5.74) is 0.791. The average Bonchev–Trinajstić information content (AvgIpc) is 2.80. The molecule has 0 aliphatic rings. The van der Waals surface area contributed by atoms with E-state index in [1.807, 2.05) is 26.0 Å². The predicted octanol–water partition coefficient (Wildman–Crippen LogP) is 2.68. The Balaban J connectivity index is 1.65. The minimum atomic E-state index is -0.673. The maximum atomic E-state index is 12.7. The topological polar surface area (TPSA) is 88.8 Å². The van der Waals surface area contributed by atoms with E-state index in [0.717, 1.165) is 5.56 Å². The summed E-state index contributed by atoms with van der Waals surface area (Å²) in [7, 11) is 1.65. The second kappa shape index (κ2) is 11.0. The lowest BCUT2D eigenvalue weighted by Gasteiger charge is -2.19. The SMILES string of the molecule is CCOC(=O)C(Cc1ccc(OCCn2c(=O)c3ccccc3n(C)c2=O)cc1)OC(C)C. The molecule has 0 saturated carbocycles. The first-order valence-electron chi connectivity index (χ1n) is 11.0. The Labute approximate surface area is 192 Å². The molecule has 0 aliphatic carbocycles. The van der Waals surface area contributed by atoms with E-state index in [2.05, 4.69) is 0 Å². The molecule has 0 spiro atoms. The molecule has 2 aromatic carbocycles. The molecule has 1 atom stereocenters. The molecule has 0 fully saturated rings. The number of esters is 1. The Morgan fingerprint density at radius 3 is 2.39 bits per heavy atom. The molecule has 0 N–H and O–H groups in total. The van der Waals surface area contributed by atoms with E-state index in [0.29, 0.717) is 29.7 Å². The van der Waals surface area contributed by atoms with Crippen LogP contribution in [0.25, 0.3) is 10.9 Å². The second-order valence-corrected chi connectivity index (χ2v) is 7.94. The first-order chi connectivity index (χ1) is 15.8. The Kier molecular flexibility index (Phi) is 8.06. The van der Waals surface area contributed by atoms with Gasteiger partial charge in [0.25, 0.3) is 5.56 Å². The van der Waals surface area contributed by atoms with Crippen LogP contribution in [0.4, 0.5) is 0 Å². The Bertz CT molecular complexity index is 1210. The van der Waals surface area contributed by atoms with E-state index in [1.165, 1.54) is 9.13 Å². The summed E-state index contributed by atoms with van der Waals surface area (Å²) in [5.74, 6) is 0.218. The number of fused-ring (bicyclic) bond motifs is 1. The molecular weight excluding hydrogens is 424 g/mol. The minimum absolute atomic E-state index is 0.103. The fraction of sp³-hybridized carbons (Fsp3) is 0.400. The number of carbonyl (C=O) groups excluding carboxylic acids is 1. The quantitative estimate of drug-likeness (QED) is 0.438. The van der Waals surface area contributed by atoms with Crippen LogP contribution < -0.4 is 16.0 Å². The van der Waals surface area contributed by atoms with E-state index in [1.54, 1.807) is 50.4 Å². The molecule has 1 unspecified atom stereocenters. The first-order valence-corrected chi connectivity index (χ1v) is 11.0. The highest BCUT2D eigenvalue weighted by Gasteiger charge is 2.22. The van der Waals surface area contributed by atoms with Crippen molar-refractivity contribution in [2.75, 3.05) is 13.2 Å². The van der Waals surface area contributed by atoms with Gasteiger partial charge >= 0.3 is 11.7 Å². The normalized spacial score (nSPS) is 12.2. The third-order valence-electron chi connectivity index (χ3n) is 5.17. The van der Waals surface area contributed by atoms with Gasteiger partial charge in [0.05, 0.1) is 30.2 Å². The summed E-state index contributed by atoms with van der Waals surface area (Å²) in [4.78, 5) is 37.5. The maximum Gasteiger partial charge on any atom is 0.335 e. The summed E-state index contributed by atoms with van der Waals surface area (Å²) in [5, 5.41) is 0.490. The summed E-state index contributed by atoms with van der Waals surface area (Å²) in [6.45, 7) is 6.10. The second-order valence-electron chi connectivity index (χ2n) is 7.94. The highest BCUT2D eigenvalue weighted by molar-refractivity contribution is 5.77. The van der Waals surface area contributed by atoms with Crippen molar-refractivity contribution in [3.05, 3.63) is 74.9 Å². The average molecular weight is 455 g/mol. The lowest BCUT2D eigenvalue weighted by molar-refractivity contribution is -0.159. The van der Waals surface area contributed by atoms with E-state index < -0.39 is 6.10 Å². The summed E-state index contributed by atoms with van der Waals surface area (Å²) < 4.78 is 19.2. The molecule has 0 bridgehead atoms. The number of aryl methyl sites for hydroxylation is 1. The number of hydrogen-bond acceptors (Lipinski definition) is 6. The molecule has 1 heterocycles. The lowest BCUT2D eigenvalue weighted by atomic mass is 10.1. The largest absolute Gasteiger partial charge is 0.492 e. The van der Waals surface area contributed by atoms with Crippen molar-refractivity contribution in [1.29, 1.82) is 0 Å². The van der Waals surface area contributed by atoms with Crippen LogP contribution in [-0.4, -0.2) is 40.5 Å². The zero-order chi connectivity index (χ0) is 24.0. The van der Waals surface area contributed by atoms with Crippen molar-refractivity contribution in [3.63, 3.8) is 0 Å². The predicted molar refractivity (Wildman–Crippen MR) is 126 cm³/mol. The van der Waals surface area contributed by atoms with Crippen molar-refractivity contribution in [3.8, 4) is 5.75 Å². The molecule has 8 heteroatoms. The van der Waals surface area contributed by atoms with Gasteiger partial charge < -0.3 is 14.2 Å². The third-order valence-corrected chi connectivity index (χ3v) is 5.17. The van der Waals surface area contributed by atoms with Crippen LogP contribution in [0.15, 0.2) is 58.1 Å². The zero-order valence-electron chi connectivity index (χ0n) is 19.4. The van der Waals surface area contributed by atoms with Gasteiger partial charge in [-0.15, -0.1) is 0 Å². The molecule has 176 valence electrons. The molecule has 1 aromatic heterocycles. The number of aromatic nitrogens is 2. The molecule has 8 nitrogen and oxygen atoms in total. The fourth-order valence-electron chi connectivity index (χ4n) is 3.60. The summed E-state index contributed by atoms with van der Waals surface area (Å²) in [6, 6.07) is 14.3. The standard InChI is InChI=1S/C25H30N2O6/c1-5-31-24(29)22(33-17(2)3)16-18-10-12-19(13-11-18)32-15-14-27-23(28)20-8-6-7-9-21(20)26(4)25(27)30/h6-13,17,22H,5,14-16H2,1-4H3. The van der Waals surface area contributed by atoms with E-state index in [-0.39, 0.29) is 36.5 Å². The van der Waals surface area contributed by atoms with Gasteiger partial charge in [0.15, 0.2) is 6.10 Å². The number of ether oxygens (including phenoxy) is 3. The number of para-hydroxylation sites is 1. The van der Waals surface area contributed by atoms with Gasteiger partial charge in [0, 0.05) is 13.5 Å². The Hall–Kier alpha value is -3.39. The maximum absolute atomic E-state index is 12.7. The molecule has 0 amide bonds. The highest BCUT2D eigenvalue weighted by atomic mass is 16.6. The lowest BCUT2D eigenvalue weighted by Crippen LogP contribution is -2.40. The minimum Gasteiger partial charge on any atom is -0.492 e. The van der Waals surface area contributed by atoms with Gasteiger partial charge in [-0.25, -0.2) is 9.59 Å². The van der Waals surface area contributed by atoms with Crippen LogP contribution in [-0.2, 0) is 34.3 Å². The van der Waals surface area contributed by atoms with E-state index in [4.69, 9.17) is 14.2 Å². The molecule has 0 aliphatic heterocycles. The number of carbonyl (C=O) groups is 1. The van der Waals surface area contributed by atoms with Crippen LogP contribution in [0.2, 0.25) is 0 Å². The Morgan fingerprint density at radius 1 is 1.03 bits per heavy atom. The molecule has 3 aromatic rings. The van der Waals surface area contributed by atoms with Gasteiger partial charge in [0.2, 0.25) is 0 Å². The number of benzene rings is 2. The van der Waals surface area contributed by atoms with Crippen LogP contribution in [0.5, 0.6) is 5.75 Å². The fourth-order valence-corrected chi connectivity index (χ4v) is 3.60. The monoisotopic (exact) mass is 454 g/mol.